The number of carbonyl (C=O) groups is 1. The maximum absolute atomic E-state index is 15.4. The summed E-state index contributed by atoms with van der Waals surface area (Å²) in [5.74, 6) is -1.14. The van der Waals surface area contributed by atoms with E-state index in [4.69, 9.17) is 182 Å². The van der Waals surface area contributed by atoms with Gasteiger partial charge >= 0.3 is 46.1 Å². The number of carbonyl (C=O) groups excluding carboxylic acids is 1. The highest BCUT2D eigenvalue weighted by Crippen LogP contribution is 2.58. The van der Waals surface area contributed by atoms with Crippen LogP contribution in [-0.4, -0.2) is 336 Å². The minimum atomic E-state index is -5.87. The fourth-order valence-electron chi connectivity index (χ4n) is 16.5. The van der Waals surface area contributed by atoms with Gasteiger partial charge in [0.1, 0.15) is 115 Å². The molecule has 142 heavy (non-hydrogen) atoms. The molecule has 8 aromatic rings. The van der Waals surface area contributed by atoms with Crippen molar-refractivity contribution in [3.05, 3.63) is 125 Å². The Hall–Kier alpha value is -7.61. The first-order valence-corrected chi connectivity index (χ1v) is 55.2. The number of nitrogen functional groups attached to an aromatic ring is 4. The molecule has 0 saturated carbocycles. The van der Waals surface area contributed by atoms with Crippen LogP contribution in [0.15, 0.2) is 85.8 Å². The van der Waals surface area contributed by atoms with Crippen molar-refractivity contribution in [3.63, 3.8) is 0 Å². The second-order valence-corrected chi connectivity index (χ2v) is 45.3. The lowest BCUT2D eigenvalue weighted by atomic mass is 10.1. The fraction of sp³-hybridized carbons (Fsp3) is 0.622. The van der Waals surface area contributed by atoms with Gasteiger partial charge in [0.2, 0.25) is 11.9 Å². The number of aliphatic hydroxyl groups excluding tert-OH is 1. The number of H-pyrrole nitrogens is 3. The molecule has 68 heteroatoms. The second-order valence-electron chi connectivity index (χ2n) is 32.8. The zero-order valence-corrected chi connectivity index (χ0v) is 84.3. The van der Waals surface area contributed by atoms with Crippen LogP contribution in [0.2, 0.25) is 0 Å². The number of aromatic nitrogens is 16. The molecular weight excluding hydrogens is 2070 g/mol. The van der Waals surface area contributed by atoms with Gasteiger partial charge < -0.3 is 156 Å². The molecule has 1 amide bonds. The highest BCUT2D eigenvalue weighted by atomic mass is 32.5. The van der Waals surface area contributed by atoms with E-state index in [0.717, 1.165) is 21.7 Å². The summed E-state index contributed by atoms with van der Waals surface area (Å²) in [5.41, 5.74) is 20.2. The van der Waals surface area contributed by atoms with Gasteiger partial charge in [-0.05, 0) is 74.4 Å². The van der Waals surface area contributed by atoms with Crippen molar-refractivity contribution in [2.24, 2.45) is 0 Å². The van der Waals surface area contributed by atoms with Crippen molar-refractivity contribution in [3.8, 4) is 0 Å². The summed E-state index contributed by atoms with van der Waals surface area (Å²) < 4.78 is 168. The molecular formula is C74H105N22O37P5S4. The van der Waals surface area contributed by atoms with Crippen LogP contribution in [0.1, 0.15) is 75.4 Å². The van der Waals surface area contributed by atoms with Gasteiger partial charge in [-0.2, -0.15) is 15.0 Å². The molecule has 0 aliphatic carbocycles. The molecule has 6 saturated heterocycles. The standard InChI is InChI=1S/C74H105N22O37P5S4/c1-10-37-38(19-45(123-37)94-30-81-47-59(76)79-29-80-60(47)94)129-135(106,139)119-24-40-39(20-46(124-40)95-31-82-48-61(95)86-71(77)88-65(48)100)130-136(107,140)121-27-43-51(55(115-16-12-111-7)70(128-43)96-32-83-49-62(96)87-72(78)89-66(49)101)131-134(104,105)118-26-42-52(56(116-17-13-112-8)69(126-42)93-23-35(4)64(99)90-74(93)103)132-138(109,142)122-28-44-53(57(117-18-14-113-9)68(127-44)92-21-33(2)58(75)85-73(92)102)133-137(108,141)120-25-41-50(97)54(114-15-11-110-6)67(125-41)91-22-34(3)63(98)84-36(91)5/h21-23,29-32,37-46,50-57,67-70,97H,5,10-20,24-28H2,1-4,6-9H3,(H,84,98)(H,104,105)(H,106,139)(H,107,140)(H,108,141)(H,109,142)(H2,75,85,102)(H2,76,79,80)(H,90,99,103)(H3,77,86,88,100)(H3,78,87,89,101)/t37-,38-,39-,40-,41-,42-,43-,44-,45-,46-,50+,51+,52+,53+,54?,55?,56?,57?,67-,68-,69-,70-,135?,136?,137?,138?/m1/s1. The van der Waals surface area contributed by atoms with E-state index in [0.29, 0.717) is 17.6 Å². The minimum absolute atomic E-state index is 0.0518. The van der Waals surface area contributed by atoms with Crippen LogP contribution in [0.5, 0.6) is 0 Å². The molecule has 15 heterocycles. The molecule has 0 radical (unpaired) electrons. The average molecular weight is 2180 g/mol. The van der Waals surface area contributed by atoms with E-state index >= 15 is 4.57 Å². The molecule has 782 valence electrons. The fourth-order valence-corrected chi connectivity index (χ4v) is 23.3. The molecule has 9 unspecified atom stereocenters. The van der Waals surface area contributed by atoms with Crippen LogP contribution in [0.3, 0.4) is 0 Å². The normalized spacial score (nSPS) is 29.7. The zero-order chi connectivity index (χ0) is 102. The van der Waals surface area contributed by atoms with Gasteiger partial charge in [0.05, 0.1) is 123 Å². The van der Waals surface area contributed by atoms with Crippen LogP contribution < -0.4 is 56.3 Å². The van der Waals surface area contributed by atoms with Crippen molar-refractivity contribution in [2.75, 3.05) is 137 Å². The second kappa shape index (κ2) is 46.0. The number of phosphoric ester groups is 1. The third kappa shape index (κ3) is 25.0. The number of nitrogens with zero attached hydrogens (tertiary/aromatic N) is 14. The SMILES string of the molecule is C=C1NC(=O)C(C)=CN1[C@@H]1O[C@H](COP(O)(=S)O[C@@H]2C(OCCOC)[C@H](n3cc(C)c(N)nc3=O)O[C@@H]2COP(O)(=S)O[C@@H]2C(OCCOC)[C@H](n3cc(C)c(=O)[nH]c3=O)O[C@@H]2COP(=O)(O)O[C@@H]2C(OCCOC)[C@H](n3cnc4c(=O)[nH]c(N)nc43)O[C@@H]2COP(O)(=S)O[C@@H]2C[C@H](n3cnc4c(=O)[nH]c(N)nc43)O[C@@H]2COP(O)(=S)O[C@@H]2C[C@H](n3cnc4c(N)ncnc43)O[C@@H]2CC)[C@H](O)C1OCCOC. The number of ether oxygens (including phenoxy) is 14. The van der Waals surface area contributed by atoms with Crippen molar-refractivity contribution in [1.29, 1.82) is 0 Å². The summed E-state index contributed by atoms with van der Waals surface area (Å²) >= 11 is 22.9. The van der Waals surface area contributed by atoms with Gasteiger partial charge in [-0.3, -0.25) is 75.1 Å². The topological polar surface area (TPSA) is 757 Å². The minimum Gasteiger partial charge on any atom is -0.387 e. The number of hydrogen-bond donors (Lipinski definition) is 14. The zero-order valence-electron chi connectivity index (χ0n) is 76.5. The first-order valence-electron chi connectivity index (χ1n) is 43.3. The van der Waals surface area contributed by atoms with Crippen LogP contribution in [0.25, 0.3) is 33.5 Å². The number of rotatable bonds is 48. The molecule has 0 spiro atoms. The number of methoxy groups -OCH3 is 4. The molecule has 7 aliphatic rings. The van der Waals surface area contributed by atoms with Gasteiger partial charge in [0, 0.05) is 76.6 Å². The van der Waals surface area contributed by atoms with Crippen molar-refractivity contribution in [2.45, 2.75) is 182 Å². The summed E-state index contributed by atoms with van der Waals surface area (Å²) in [6.07, 6.45) is -23.7. The highest BCUT2D eigenvalue weighted by Gasteiger charge is 2.58. The average Bonchev–Trinajstić information content (AvgIpc) is 1.62. The summed E-state index contributed by atoms with van der Waals surface area (Å²) in [4.78, 5) is 184. The van der Waals surface area contributed by atoms with Crippen molar-refractivity contribution < 1.29 is 150 Å². The quantitative estimate of drug-likeness (QED) is 0.0153. The van der Waals surface area contributed by atoms with Gasteiger partial charge in [-0.15, -0.1) is 0 Å². The largest absolute Gasteiger partial charge is 0.472 e. The lowest BCUT2D eigenvalue weighted by molar-refractivity contribution is -0.121. The number of nitrogens with two attached hydrogens (primary N) is 4. The van der Waals surface area contributed by atoms with E-state index in [9.17, 15) is 58.3 Å². The van der Waals surface area contributed by atoms with E-state index in [1.54, 1.807) is 4.57 Å². The molecule has 0 aromatic carbocycles. The molecule has 0 bridgehead atoms. The number of nitrogens with one attached hydrogen (secondary N) is 4. The molecule has 6 fully saturated rings. The van der Waals surface area contributed by atoms with Gasteiger partial charge in [0.15, 0.2) is 58.7 Å². The number of aryl methyl sites for hydroxylation is 2. The smallest absolute Gasteiger partial charge is 0.387 e. The Morgan fingerprint density at radius 3 is 1.42 bits per heavy atom. The van der Waals surface area contributed by atoms with E-state index in [2.05, 4.69) is 66.7 Å². The maximum atomic E-state index is 15.4. The summed E-state index contributed by atoms with van der Waals surface area (Å²) in [6.45, 7) is -14.8. The van der Waals surface area contributed by atoms with E-state index < -0.39 is 243 Å². The molecule has 27 atom stereocenters. The Balaban J connectivity index is 0.707. The molecule has 59 nitrogen and oxygen atoms in total. The Kier molecular flexibility index (Phi) is 35.2. The highest BCUT2D eigenvalue weighted by molar-refractivity contribution is 8.08. The third-order valence-corrected chi connectivity index (χ3v) is 30.5. The number of hydrogen-bond acceptors (Lipinski definition) is 49. The summed E-state index contributed by atoms with van der Waals surface area (Å²) in [6, 6.07) is 0. The maximum Gasteiger partial charge on any atom is 0.472 e. The van der Waals surface area contributed by atoms with Crippen molar-refractivity contribution in [1.82, 2.24) is 87.9 Å². The molecule has 15 rings (SSSR count). The Bertz CT molecular complexity index is 6510. The monoisotopic (exact) mass is 2180 g/mol. The lowest BCUT2D eigenvalue weighted by Crippen LogP contribution is -2.48. The molecule has 18 N–H and O–H groups in total. The number of imidazole rings is 3. The first-order chi connectivity index (χ1) is 67.5. The number of aliphatic hydroxyl groups is 1. The van der Waals surface area contributed by atoms with E-state index in [1.165, 1.54) is 94.6 Å². The number of amides is 1. The molecule has 7 aliphatic heterocycles. The summed E-state index contributed by atoms with van der Waals surface area (Å²) in [7, 11) is -0.435. The number of aromatic amines is 3. The number of fused-ring (bicyclic) bond motifs is 3. The first kappa shape index (κ1) is 109. The van der Waals surface area contributed by atoms with Gasteiger partial charge in [-0.1, -0.05) is 13.5 Å². The van der Waals surface area contributed by atoms with Crippen LogP contribution >= 0.6 is 34.7 Å². The van der Waals surface area contributed by atoms with Crippen LogP contribution in [-0.2, 0) is 168 Å². The van der Waals surface area contributed by atoms with Gasteiger partial charge in [-0.25, -0.2) is 39.1 Å². The summed E-state index contributed by atoms with van der Waals surface area (Å²) in [5, 5.41) is 14.5. The van der Waals surface area contributed by atoms with E-state index in [-0.39, 0.29) is 128 Å². The third-order valence-electron chi connectivity index (χ3n) is 23.2. The Labute approximate surface area is 823 Å². The Morgan fingerprint density at radius 1 is 0.458 bits per heavy atom. The predicted molar refractivity (Wildman–Crippen MR) is 502 cm³/mol. The van der Waals surface area contributed by atoms with Crippen LogP contribution in [0, 0.1) is 13.8 Å². The van der Waals surface area contributed by atoms with Crippen molar-refractivity contribution >= 4 is 145 Å². The lowest BCUT2D eigenvalue weighted by Gasteiger charge is -2.35. The molecule has 8 aromatic heterocycles. The van der Waals surface area contributed by atoms with Gasteiger partial charge in [0.25, 0.3) is 22.6 Å². The Morgan fingerprint density at radius 2 is 0.887 bits per heavy atom. The predicted octanol–water partition coefficient (Wildman–Crippen LogP) is -1.48. The van der Waals surface area contributed by atoms with E-state index in [1.807, 2.05) is 6.92 Å². The number of phosphoric acid groups is 1. The number of anilines is 4. The van der Waals surface area contributed by atoms with Crippen LogP contribution in [0.4, 0.5) is 23.5 Å².